The molecule has 2 aromatic heterocycles. The normalized spacial score (nSPS) is 12.3. The Kier molecular flexibility index (Phi) is 4.56. The summed E-state index contributed by atoms with van der Waals surface area (Å²) in [6, 6.07) is 1.58. The van der Waals surface area contributed by atoms with Gasteiger partial charge in [-0.1, -0.05) is 13.3 Å². The molecule has 0 saturated carbocycles. The van der Waals surface area contributed by atoms with E-state index in [1.165, 1.54) is 0 Å². The Bertz CT molecular complexity index is 639. The van der Waals surface area contributed by atoms with Crippen molar-refractivity contribution in [1.82, 2.24) is 30.4 Å². The lowest BCUT2D eigenvalue weighted by Gasteiger charge is -2.16. The second-order valence-electron chi connectivity index (χ2n) is 4.97. The van der Waals surface area contributed by atoms with E-state index in [-0.39, 0.29) is 12.5 Å². The number of rotatable bonds is 6. The molecule has 0 bridgehead atoms. The van der Waals surface area contributed by atoms with E-state index in [4.69, 9.17) is 5.11 Å². The van der Waals surface area contributed by atoms with Crippen molar-refractivity contribution in [1.29, 1.82) is 0 Å². The van der Waals surface area contributed by atoms with Crippen molar-refractivity contribution in [3.63, 3.8) is 0 Å². The van der Waals surface area contributed by atoms with Gasteiger partial charge in [0.15, 0.2) is 5.82 Å². The molecule has 0 aliphatic rings. The van der Waals surface area contributed by atoms with Crippen LogP contribution in [0, 0.1) is 13.8 Å². The minimum Gasteiger partial charge on any atom is -0.481 e. The van der Waals surface area contributed by atoms with Crippen LogP contribution >= 0.6 is 0 Å². The van der Waals surface area contributed by atoms with Crippen molar-refractivity contribution in [3.8, 4) is 11.4 Å². The Morgan fingerprint density at radius 1 is 1.33 bits per heavy atom. The van der Waals surface area contributed by atoms with Gasteiger partial charge in [-0.3, -0.25) is 4.79 Å². The number of carbonyl (C=O) groups is 1. The minimum atomic E-state index is -0.865. The molecule has 8 heteroatoms. The SMILES string of the molecule is CCCC(CC(=O)O)n1nnnc1-c1cc(C)nnc1C. The Labute approximate surface area is 122 Å². The van der Waals surface area contributed by atoms with E-state index in [9.17, 15) is 4.79 Å². The third kappa shape index (κ3) is 3.39. The van der Waals surface area contributed by atoms with Gasteiger partial charge in [-0.25, -0.2) is 4.68 Å². The fourth-order valence-corrected chi connectivity index (χ4v) is 2.24. The zero-order valence-corrected chi connectivity index (χ0v) is 12.3. The largest absolute Gasteiger partial charge is 0.481 e. The summed E-state index contributed by atoms with van der Waals surface area (Å²) in [6.07, 6.45) is 1.53. The number of nitrogens with zero attached hydrogens (tertiary/aromatic N) is 6. The van der Waals surface area contributed by atoms with E-state index in [0.29, 0.717) is 17.9 Å². The Hall–Kier alpha value is -2.38. The topological polar surface area (TPSA) is 107 Å². The summed E-state index contributed by atoms with van der Waals surface area (Å²) in [5.41, 5.74) is 2.25. The number of carboxylic acids is 1. The van der Waals surface area contributed by atoms with Crippen molar-refractivity contribution in [2.24, 2.45) is 0 Å². The highest BCUT2D eigenvalue weighted by molar-refractivity contribution is 5.67. The van der Waals surface area contributed by atoms with Gasteiger partial charge in [-0.2, -0.15) is 10.2 Å². The maximum atomic E-state index is 11.0. The van der Waals surface area contributed by atoms with Crippen LogP contribution in [0.4, 0.5) is 0 Å². The third-order valence-corrected chi connectivity index (χ3v) is 3.21. The van der Waals surface area contributed by atoms with Crippen LogP contribution in [-0.2, 0) is 4.79 Å². The lowest BCUT2D eigenvalue weighted by Crippen LogP contribution is -2.16. The lowest BCUT2D eigenvalue weighted by molar-refractivity contribution is -0.138. The number of aliphatic carboxylic acids is 1. The number of hydrogen-bond donors (Lipinski definition) is 1. The summed E-state index contributed by atoms with van der Waals surface area (Å²) >= 11 is 0. The summed E-state index contributed by atoms with van der Waals surface area (Å²) in [7, 11) is 0. The molecular weight excluding hydrogens is 272 g/mol. The van der Waals surface area contributed by atoms with E-state index >= 15 is 0 Å². The number of aryl methyl sites for hydroxylation is 2. The Balaban J connectivity index is 2.45. The van der Waals surface area contributed by atoms with Gasteiger partial charge in [-0.05, 0) is 36.8 Å². The summed E-state index contributed by atoms with van der Waals surface area (Å²) in [5, 5.41) is 28.8. The van der Waals surface area contributed by atoms with Gasteiger partial charge in [0, 0.05) is 5.56 Å². The van der Waals surface area contributed by atoms with Crippen molar-refractivity contribution >= 4 is 5.97 Å². The van der Waals surface area contributed by atoms with E-state index in [1.54, 1.807) is 4.68 Å². The van der Waals surface area contributed by atoms with E-state index in [1.807, 2.05) is 26.8 Å². The monoisotopic (exact) mass is 290 g/mol. The molecule has 1 atom stereocenters. The lowest BCUT2D eigenvalue weighted by atomic mass is 10.1. The summed E-state index contributed by atoms with van der Waals surface area (Å²) < 4.78 is 1.58. The molecule has 2 rings (SSSR count). The molecular formula is C13H18N6O2. The number of carboxylic acid groups (broad SMARTS) is 1. The molecule has 0 aliphatic heterocycles. The van der Waals surface area contributed by atoms with Crippen LogP contribution in [0.2, 0.25) is 0 Å². The van der Waals surface area contributed by atoms with Crippen LogP contribution in [-0.4, -0.2) is 41.5 Å². The predicted octanol–water partition coefficient (Wildman–Crippen LogP) is 1.56. The molecule has 21 heavy (non-hydrogen) atoms. The van der Waals surface area contributed by atoms with Crippen LogP contribution in [0.15, 0.2) is 6.07 Å². The number of aromatic nitrogens is 6. The molecule has 2 heterocycles. The van der Waals surface area contributed by atoms with Gasteiger partial charge in [0.2, 0.25) is 0 Å². The van der Waals surface area contributed by atoms with Crippen LogP contribution in [0.3, 0.4) is 0 Å². The van der Waals surface area contributed by atoms with Crippen LogP contribution in [0.1, 0.15) is 43.6 Å². The van der Waals surface area contributed by atoms with Gasteiger partial charge < -0.3 is 5.11 Å². The van der Waals surface area contributed by atoms with Gasteiger partial charge in [0.05, 0.1) is 23.9 Å². The quantitative estimate of drug-likeness (QED) is 0.860. The fraction of sp³-hybridized carbons (Fsp3) is 0.538. The first-order valence-corrected chi connectivity index (χ1v) is 6.83. The first-order valence-electron chi connectivity index (χ1n) is 6.83. The Morgan fingerprint density at radius 3 is 2.76 bits per heavy atom. The molecule has 0 radical (unpaired) electrons. The standard InChI is InChI=1S/C13H18N6O2/c1-4-5-10(7-12(20)21)19-13(16-17-18-19)11-6-8(2)14-15-9(11)3/h6,10H,4-5,7H2,1-3H3,(H,20,21). The second-order valence-corrected chi connectivity index (χ2v) is 4.97. The van der Waals surface area contributed by atoms with Crippen LogP contribution in [0.25, 0.3) is 11.4 Å². The highest BCUT2D eigenvalue weighted by atomic mass is 16.4. The minimum absolute atomic E-state index is 0.0115. The molecule has 0 spiro atoms. The first-order chi connectivity index (χ1) is 10.0. The van der Waals surface area contributed by atoms with Crippen molar-refractivity contribution in [3.05, 3.63) is 17.5 Å². The highest BCUT2D eigenvalue weighted by Crippen LogP contribution is 2.25. The summed E-state index contributed by atoms with van der Waals surface area (Å²) in [4.78, 5) is 11.0. The molecule has 0 fully saturated rings. The third-order valence-electron chi connectivity index (χ3n) is 3.21. The molecule has 0 amide bonds. The average molecular weight is 290 g/mol. The Morgan fingerprint density at radius 2 is 2.10 bits per heavy atom. The maximum absolute atomic E-state index is 11.0. The fourth-order valence-electron chi connectivity index (χ4n) is 2.24. The number of tetrazole rings is 1. The van der Waals surface area contributed by atoms with Crippen molar-refractivity contribution in [2.75, 3.05) is 0 Å². The van der Waals surface area contributed by atoms with Gasteiger partial charge >= 0.3 is 5.97 Å². The van der Waals surface area contributed by atoms with Gasteiger partial charge in [0.1, 0.15) is 0 Å². The van der Waals surface area contributed by atoms with Crippen LogP contribution < -0.4 is 0 Å². The number of hydrogen-bond acceptors (Lipinski definition) is 6. The molecule has 0 saturated heterocycles. The smallest absolute Gasteiger partial charge is 0.305 e. The molecule has 1 N–H and O–H groups in total. The average Bonchev–Trinajstić information content (AvgIpc) is 2.89. The van der Waals surface area contributed by atoms with Crippen molar-refractivity contribution in [2.45, 2.75) is 46.1 Å². The summed E-state index contributed by atoms with van der Waals surface area (Å²) in [5.74, 6) is -0.333. The predicted molar refractivity (Wildman–Crippen MR) is 74.5 cm³/mol. The van der Waals surface area contributed by atoms with Crippen LogP contribution in [0.5, 0.6) is 0 Å². The van der Waals surface area contributed by atoms with Crippen molar-refractivity contribution < 1.29 is 9.90 Å². The zero-order valence-electron chi connectivity index (χ0n) is 12.3. The summed E-state index contributed by atoms with van der Waals surface area (Å²) in [6.45, 7) is 5.67. The molecule has 112 valence electrons. The van der Waals surface area contributed by atoms with E-state index in [2.05, 4.69) is 25.7 Å². The maximum Gasteiger partial charge on any atom is 0.305 e. The van der Waals surface area contributed by atoms with Gasteiger partial charge in [0.25, 0.3) is 0 Å². The molecule has 0 aromatic carbocycles. The van der Waals surface area contributed by atoms with E-state index in [0.717, 1.165) is 17.7 Å². The molecule has 2 aromatic rings. The van der Waals surface area contributed by atoms with Gasteiger partial charge in [-0.15, -0.1) is 5.10 Å². The highest BCUT2D eigenvalue weighted by Gasteiger charge is 2.22. The first kappa shape index (κ1) is 15.0. The molecule has 1 unspecified atom stereocenters. The zero-order chi connectivity index (χ0) is 15.4. The second kappa shape index (κ2) is 6.38. The van der Waals surface area contributed by atoms with E-state index < -0.39 is 5.97 Å². The molecule has 8 nitrogen and oxygen atoms in total. The molecule has 0 aliphatic carbocycles.